The second kappa shape index (κ2) is 5.36. The van der Waals surface area contributed by atoms with E-state index in [1.807, 2.05) is 26.8 Å². The number of hydrogen-bond acceptors (Lipinski definition) is 3. The van der Waals surface area contributed by atoms with E-state index in [0.29, 0.717) is 13.0 Å². The molecule has 0 aliphatic heterocycles. The van der Waals surface area contributed by atoms with E-state index in [1.54, 1.807) is 0 Å². The van der Waals surface area contributed by atoms with Crippen molar-refractivity contribution in [3.63, 3.8) is 0 Å². The van der Waals surface area contributed by atoms with Gasteiger partial charge >= 0.3 is 0 Å². The van der Waals surface area contributed by atoms with Crippen LogP contribution in [0.5, 0.6) is 0 Å². The van der Waals surface area contributed by atoms with Gasteiger partial charge in [0.2, 0.25) is 5.91 Å². The van der Waals surface area contributed by atoms with Gasteiger partial charge in [-0.2, -0.15) is 0 Å². The Morgan fingerprint density at radius 3 is 2.82 bits per heavy atom. The summed E-state index contributed by atoms with van der Waals surface area (Å²) < 4.78 is 5.70. The predicted molar refractivity (Wildman–Crippen MR) is 86.4 cm³/mol. The Labute approximate surface area is 132 Å². The molecule has 22 heavy (non-hydrogen) atoms. The molecule has 1 aromatic carbocycles. The molecule has 0 saturated heterocycles. The Balaban J connectivity index is 1.71. The van der Waals surface area contributed by atoms with E-state index in [-0.39, 0.29) is 23.5 Å². The van der Waals surface area contributed by atoms with Gasteiger partial charge in [0.1, 0.15) is 5.54 Å². The molecule has 0 aromatic heterocycles. The zero-order chi connectivity index (χ0) is 16.0. The highest BCUT2D eigenvalue weighted by molar-refractivity contribution is 5.89. The molecule has 3 atom stereocenters. The highest BCUT2D eigenvalue weighted by atomic mass is 16.5. The Bertz CT molecular complexity index is 584. The van der Waals surface area contributed by atoms with Crippen molar-refractivity contribution in [1.29, 1.82) is 0 Å². The molecule has 0 radical (unpaired) electrons. The lowest BCUT2D eigenvalue weighted by atomic mass is 9.54. The van der Waals surface area contributed by atoms with Gasteiger partial charge in [-0.3, -0.25) is 4.79 Å². The quantitative estimate of drug-likeness (QED) is 0.897. The van der Waals surface area contributed by atoms with Crippen LogP contribution in [0.2, 0.25) is 0 Å². The zero-order valence-corrected chi connectivity index (χ0v) is 13.7. The van der Waals surface area contributed by atoms with Crippen molar-refractivity contribution in [3.8, 4) is 0 Å². The van der Waals surface area contributed by atoms with Crippen LogP contribution in [0.4, 0.5) is 0 Å². The summed E-state index contributed by atoms with van der Waals surface area (Å²) in [4.78, 5) is 12.8. The first-order valence-corrected chi connectivity index (χ1v) is 8.19. The van der Waals surface area contributed by atoms with Gasteiger partial charge in [0.25, 0.3) is 0 Å². The number of nitrogens with one attached hydrogen (secondary N) is 1. The lowest BCUT2D eigenvalue weighted by Gasteiger charge is -2.57. The van der Waals surface area contributed by atoms with Crippen molar-refractivity contribution in [1.82, 2.24) is 5.32 Å². The molecule has 4 nitrogen and oxygen atoms in total. The fourth-order valence-corrected chi connectivity index (χ4v) is 3.81. The maximum atomic E-state index is 12.8. The number of rotatable bonds is 4. The molecule has 1 aromatic rings. The van der Waals surface area contributed by atoms with Crippen LogP contribution in [0.25, 0.3) is 0 Å². The number of carbonyl (C=O) groups excluding carboxylic acids is 1. The van der Waals surface area contributed by atoms with Crippen LogP contribution < -0.4 is 11.1 Å². The Hall–Kier alpha value is -1.39. The minimum atomic E-state index is -0.843. The van der Waals surface area contributed by atoms with Crippen molar-refractivity contribution in [2.24, 2.45) is 11.1 Å². The van der Waals surface area contributed by atoms with Crippen molar-refractivity contribution < 1.29 is 9.53 Å². The standard InChI is InChI=1S/C18H26N2O2/c1-4-22-15-11-18(19,17(15,2)3)16(21)20-14-10-9-12-7-5-6-8-13(12)14/h5-8,14-15H,4,9-11,19H2,1-3H3,(H,20,21). The van der Waals surface area contributed by atoms with E-state index >= 15 is 0 Å². The molecule has 120 valence electrons. The molecular formula is C18H26N2O2. The van der Waals surface area contributed by atoms with Crippen LogP contribution in [-0.2, 0) is 16.0 Å². The van der Waals surface area contributed by atoms with E-state index in [1.165, 1.54) is 11.1 Å². The number of fused-ring (bicyclic) bond motifs is 1. The molecule has 3 N–H and O–H groups in total. The summed E-state index contributed by atoms with van der Waals surface area (Å²) in [7, 11) is 0. The van der Waals surface area contributed by atoms with Crippen molar-refractivity contribution in [3.05, 3.63) is 35.4 Å². The summed E-state index contributed by atoms with van der Waals surface area (Å²) in [6.45, 7) is 6.68. The topological polar surface area (TPSA) is 64.3 Å². The van der Waals surface area contributed by atoms with Gasteiger partial charge in [0.05, 0.1) is 12.1 Å². The summed E-state index contributed by atoms with van der Waals surface area (Å²) >= 11 is 0. The maximum Gasteiger partial charge on any atom is 0.241 e. The Morgan fingerprint density at radius 1 is 1.41 bits per heavy atom. The number of nitrogens with two attached hydrogens (primary N) is 1. The van der Waals surface area contributed by atoms with E-state index in [4.69, 9.17) is 10.5 Å². The first-order valence-electron chi connectivity index (χ1n) is 8.19. The first kappa shape index (κ1) is 15.5. The third kappa shape index (κ3) is 2.17. The number of hydrogen-bond donors (Lipinski definition) is 2. The molecular weight excluding hydrogens is 276 g/mol. The third-order valence-electron chi connectivity index (χ3n) is 5.67. The second-order valence-electron chi connectivity index (χ2n) is 7.10. The van der Waals surface area contributed by atoms with Crippen LogP contribution in [-0.4, -0.2) is 24.2 Å². The minimum absolute atomic E-state index is 0.0462. The largest absolute Gasteiger partial charge is 0.378 e. The highest BCUT2D eigenvalue weighted by Gasteiger charge is 2.63. The van der Waals surface area contributed by atoms with E-state index in [2.05, 4.69) is 23.5 Å². The molecule has 4 heteroatoms. The number of ether oxygens (including phenoxy) is 1. The minimum Gasteiger partial charge on any atom is -0.378 e. The Morgan fingerprint density at radius 2 is 2.14 bits per heavy atom. The molecule has 2 aliphatic rings. The van der Waals surface area contributed by atoms with Gasteiger partial charge in [-0.05, 0) is 30.9 Å². The summed E-state index contributed by atoms with van der Waals surface area (Å²) in [5, 5.41) is 3.18. The smallest absolute Gasteiger partial charge is 0.241 e. The Kier molecular flexibility index (Phi) is 3.77. The monoisotopic (exact) mass is 302 g/mol. The second-order valence-corrected chi connectivity index (χ2v) is 7.10. The van der Waals surface area contributed by atoms with Crippen LogP contribution in [0.1, 0.15) is 50.8 Å². The zero-order valence-electron chi connectivity index (χ0n) is 13.7. The van der Waals surface area contributed by atoms with Crippen molar-refractivity contribution in [2.45, 2.75) is 57.7 Å². The van der Waals surface area contributed by atoms with Crippen LogP contribution >= 0.6 is 0 Å². The average molecular weight is 302 g/mol. The molecule has 1 saturated carbocycles. The fraction of sp³-hybridized carbons (Fsp3) is 0.611. The highest BCUT2D eigenvalue weighted by Crippen LogP contribution is 2.50. The molecule has 1 amide bonds. The number of carbonyl (C=O) groups is 1. The normalized spacial score (nSPS) is 32.2. The summed E-state index contributed by atoms with van der Waals surface area (Å²) in [6, 6.07) is 8.41. The van der Waals surface area contributed by atoms with Crippen molar-refractivity contribution in [2.75, 3.05) is 6.61 Å². The lowest BCUT2D eigenvalue weighted by Crippen LogP contribution is -2.75. The van der Waals surface area contributed by atoms with Gasteiger partial charge < -0.3 is 15.8 Å². The van der Waals surface area contributed by atoms with Crippen molar-refractivity contribution >= 4 is 5.91 Å². The van der Waals surface area contributed by atoms with E-state index < -0.39 is 5.54 Å². The molecule has 1 fully saturated rings. The predicted octanol–water partition coefficient (Wildman–Crippen LogP) is 2.32. The lowest BCUT2D eigenvalue weighted by molar-refractivity contribution is -0.171. The molecule has 0 spiro atoms. The van der Waals surface area contributed by atoms with Gasteiger partial charge in [-0.15, -0.1) is 0 Å². The van der Waals surface area contributed by atoms with E-state index in [0.717, 1.165) is 12.8 Å². The maximum absolute atomic E-state index is 12.8. The molecule has 3 unspecified atom stereocenters. The fourth-order valence-electron chi connectivity index (χ4n) is 3.81. The third-order valence-corrected chi connectivity index (χ3v) is 5.67. The number of aryl methyl sites for hydroxylation is 1. The summed E-state index contributed by atoms with van der Waals surface area (Å²) in [6.07, 6.45) is 2.62. The van der Waals surface area contributed by atoms with Gasteiger partial charge in [-0.25, -0.2) is 0 Å². The van der Waals surface area contributed by atoms with Crippen LogP contribution in [0.15, 0.2) is 24.3 Å². The van der Waals surface area contributed by atoms with Gasteiger partial charge in [0.15, 0.2) is 0 Å². The van der Waals surface area contributed by atoms with E-state index in [9.17, 15) is 4.79 Å². The summed E-state index contributed by atoms with van der Waals surface area (Å²) in [5.74, 6) is -0.0462. The average Bonchev–Trinajstić information content (AvgIpc) is 2.90. The number of amides is 1. The SMILES string of the molecule is CCOC1CC(N)(C(=O)NC2CCc3ccccc32)C1(C)C. The molecule has 3 rings (SSSR count). The molecule has 0 heterocycles. The van der Waals surface area contributed by atoms with Gasteiger partial charge in [0, 0.05) is 18.4 Å². The number of benzene rings is 1. The van der Waals surface area contributed by atoms with Gasteiger partial charge in [-0.1, -0.05) is 38.1 Å². The molecule has 2 aliphatic carbocycles. The van der Waals surface area contributed by atoms with Crippen LogP contribution in [0.3, 0.4) is 0 Å². The first-order chi connectivity index (χ1) is 10.4. The molecule has 0 bridgehead atoms. The van der Waals surface area contributed by atoms with Crippen LogP contribution in [0, 0.1) is 5.41 Å². The summed E-state index contributed by atoms with van der Waals surface area (Å²) in [5.41, 5.74) is 7.83.